The second-order valence-corrected chi connectivity index (χ2v) is 6.98. The summed E-state index contributed by atoms with van der Waals surface area (Å²) in [7, 11) is 0. The Morgan fingerprint density at radius 2 is 1.60 bits per heavy atom. The molecule has 1 saturated heterocycles. The average Bonchev–Trinajstić information content (AvgIpc) is 2.68. The van der Waals surface area contributed by atoms with E-state index in [2.05, 4.69) is 24.3 Å². The lowest BCUT2D eigenvalue weighted by molar-refractivity contribution is -0.906. The minimum Gasteiger partial charge on any atom is -0.494 e. The maximum atomic E-state index is 11.1. The molecule has 0 spiro atoms. The molecular formula is C22H30NO2+. The Kier molecular flexibility index (Phi) is 6.48. The molecule has 1 heterocycles. The number of nitrogens with one attached hydrogen (secondary N) is 1. The first-order valence-electron chi connectivity index (χ1n) is 9.57. The zero-order valence-electron chi connectivity index (χ0n) is 15.2. The molecule has 134 valence electrons. The van der Waals surface area contributed by atoms with Gasteiger partial charge in [-0.1, -0.05) is 42.5 Å². The van der Waals surface area contributed by atoms with Crippen molar-refractivity contribution in [2.24, 2.45) is 0 Å². The van der Waals surface area contributed by atoms with E-state index in [1.165, 1.54) is 37.9 Å². The van der Waals surface area contributed by atoms with Gasteiger partial charge in [-0.2, -0.15) is 0 Å². The summed E-state index contributed by atoms with van der Waals surface area (Å²) in [5.41, 5.74) is 2.19. The number of rotatable bonds is 7. The first kappa shape index (κ1) is 18.0. The summed E-state index contributed by atoms with van der Waals surface area (Å²) >= 11 is 0. The molecule has 3 nitrogen and oxygen atoms in total. The smallest absolute Gasteiger partial charge is 0.119 e. The molecular weight excluding hydrogens is 310 g/mol. The van der Waals surface area contributed by atoms with Gasteiger partial charge in [0.25, 0.3) is 0 Å². The number of hydrogen-bond acceptors (Lipinski definition) is 2. The Hall–Kier alpha value is -1.84. The summed E-state index contributed by atoms with van der Waals surface area (Å²) in [6.07, 6.45) is 3.46. The fourth-order valence-electron chi connectivity index (χ4n) is 3.84. The second-order valence-electron chi connectivity index (χ2n) is 6.98. The van der Waals surface area contributed by atoms with Crippen LogP contribution in [-0.4, -0.2) is 31.3 Å². The number of aliphatic hydroxyl groups is 1. The van der Waals surface area contributed by atoms with Crippen molar-refractivity contribution < 1.29 is 14.7 Å². The molecule has 1 aliphatic heterocycles. The van der Waals surface area contributed by atoms with E-state index in [-0.39, 0.29) is 5.92 Å². The van der Waals surface area contributed by atoms with E-state index in [0.717, 1.165) is 17.9 Å². The SMILES string of the molecule is CCOc1ccc([C@@H](O)[C@@H](C[NH+]2CCCCC2)c2ccccc2)cc1. The Morgan fingerprint density at radius 3 is 2.24 bits per heavy atom. The number of piperidine rings is 1. The van der Waals surface area contributed by atoms with Gasteiger partial charge in [0.2, 0.25) is 0 Å². The van der Waals surface area contributed by atoms with E-state index in [0.29, 0.717) is 6.61 Å². The minimum absolute atomic E-state index is 0.118. The number of aliphatic hydroxyl groups excluding tert-OH is 1. The van der Waals surface area contributed by atoms with Crippen molar-refractivity contribution in [3.8, 4) is 5.75 Å². The quantitative estimate of drug-likeness (QED) is 0.812. The Bertz CT molecular complexity index is 620. The highest BCUT2D eigenvalue weighted by molar-refractivity contribution is 5.31. The highest BCUT2D eigenvalue weighted by Gasteiger charge is 2.28. The predicted molar refractivity (Wildman–Crippen MR) is 101 cm³/mol. The molecule has 0 amide bonds. The number of hydrogen-bond donors (Lipinski definition) is 2. The van der Waals surface area contributed by atoms with E-state index in [1.807, 2.05) is 37.3 Å². The normalized spacial score (nSPS) is 17.8. The number of ether oxygens (including phenoxy) is 1. The van der Waals surface area contributed by atoms with E-state index >= 15 is 0 Å². The van der Waals surface area contributed by atoms with Gasteiger partial charge in [0.05, 0.1) is 38.3 Å². The zero-order chi connectivity index (χ0) is 17.5. The maximum absolute atomic E-state index is 11.1. The molecule has 0 radical (unpaired) electrons. The van der Waals surface area contributed by atoms with Crippen LogP contribution >= 0.6 is 0 Å². The van der Waals surface area contributed by atoms with Gasteiger partial charge >= 0.3 is 0 Å². The second kappa shape index (κ2) is 9.02. The van der Waals surface area contributed by atoms with Crippen LogP contribution in [0, 0.1) is 0 Å². The van der Waals surface area contributed by atoms with Gasteiger partial charge in [0.15, 0.2) is 0 Å². The lowest BCUT2D eigenvalue weighted by Crippen LogP contribution is -3.13. The van der Waals surface area contributed by atoms with Crippen LogP contribution in [0.25, 0.3) is 0 Å². The number of likely N-dealkylation sites (tertiary alicyclic amines) is 1. The molecule has 0 bridgehead atoms. The van der Waals surface area contributed by atoms with Crippen LogP contribution in [0.3, 0.4) is 0 Å². The average molecular weight is 340 g/mol. The number of quaternary nitrogens is 1. The summed E-state index contributed by atoms with van der Waals surface area (Å²) < 4.78 is 5.52. The zero-order valence-corrected chi connectivity index (χ0v) is 15.2. The Labute approximate surface area is 151 Å². The van der Waals surface area contributed by atoms with Crippen molar-refractivity contribution in [3.63, 3.8) is 0 Å². The summed E-state index contributed by atoms with van der Waals surface area (Å²) in [4.78, 5) is 1.62. The first-order chi connectivity index (χ1) is 12.3. The molecule has 0 aromatic heterocycles. The maximum Gasteiger partial charge on any atom is 0.119 e. The van der Waals surface area contributed by atoms with Crippen LogP contribution < -0.4 is 9.64 Å². The molecule has 0 aliphatic carbocycles. The van der Waals surface area contributed by atoms with Gasteiger partial charge in [0.1, 0.15) is 5.75 Å². The molecule has 0 unspecified atom stereocenters. The van der Waals surface area contributed by atoms with Gasteiger partial charge in [-0.05, 0) is 49.4 Å². The summed E-state index contributed by atoms with van der Waals surface area (Å²) in [6, 6.07) is 18.4. The lowest BCUT2D eigenvalue weighted by Gasteiger charge is -2.30. The standard InChI is InChI=1S/C22H29NO2/c1-2-25-20-13-11-19(12-14-20)22(24)21(18-9-5-3-6-10-18)17-23-15-7-4-8-16-23/h3,5-6,9-14,21-22,24H,2,4,7-8,15-17H2,1H3/p+1/t21-,22+/m0/s1. The molecule has 2 atom stereocenters. The lowest BCUT2D eigenvalue weighted by atomic mass is 9.88. The molecule has 25 heavy (non-hydrogen) atoms. The van der Waals surface area contributed by atoms with Gasteiger partial charge in [-0.3, -0.25) is 0 Å². The van der Waals surface area contributed by atoms with Gasteiger partial charge in [0, 0.05) is 0 Å². The summed E-state index contributed by atoms with van der Waals surface area (Å²) in [5.74, 6) is 0.976. The fraction of sp³-hybridized carbons (Fsp3) is 0.455. The molecule has 2 aromatic rings. The molecule has 2 N–H and O–H groups in total. The van der Waals surface area contributed by atoms with Crippen molar-refractivity contribution in [2.45, 2.75) is 38.2 Å². The largest absolute Gasteiger partial charge is 0.494 e. The fourth-order valence-corrected chi connectivity index (χ4v) is 3.84. The highest BCUT2D eigenvalue weighted by atomic mass is 16.5. The van der Waals surface area contributed by atoms with Gasteiger partial charge in [-0.25, -0.2) is 0 Å². The van der Waals surface area contributed by atoms with Crippen molar-refractivity contribution in [2.75, 3.05) is 26.2 Å². The topological polar surface area (TPSA) is 33.9 Å². The van der Waals surface area contributed by atoms with E-state index < -0.39 is 6.10 Å². The van der Waals surface area contributed by atoms with Crippen LogP contribution in [-0.2, 0) is 0 Å². The van der Waals surface area contributed by atoms with E-state index in [4.69, 9.17) is 4.74 Å². The van der Waals surface area contributed by atoms with Crippen LogP contribution in [0.5, 0.6) is 5.75 Å². The molecule has 0 saturated carbocycles. The molecule has 2 aromatic carbocycles. The summed E-state index contributed by atoms with van der Waals surface area (Å²) in [6.45, 7) is 6.07. The molecule has 3 rings (SSSR count). The van der Waals surface area contributed by atoms with Crippen LogP contribution in [0.15, 0.2) is 54.6 Å². The summed E-state index contributed by atoms with van der Waals surface area (Å²) in [5, 5.41) is 11.1. The third-order valence-electron chi connectivity index (χ3n) is 5.21. The Balaban J connectivity index is 1.79. The minimum atomic E-state index is -0.493. The molecule has 1 aliphatic rings. The van der Waals surface area contributed by atoms with Crippen molar-refractivity contribution in [1.29, 1.82) is 0 Å². The van der Waals surface area contributed by atoms with Crippen LogP contribution in [0.1, 0.15) is 49.3 Å². The highest BCUT2D eigenvalue weighted by Crippen LogP contribution is 2.31. The van der Waals surface area contributed by atoms with Crippen molar-refractivity contribution in [3.05, 3.63) is 65.7 Å². The monoisotopic (exact) mass is 340 g/mol. The van der Waals surface area contributed by atoms with E-state index in [1.54, 1.807) is 4.90 Å². The first-order valence-corrected chi connectivity index (χ1v) is 9.57. The predicted octanol–water partition coefficient (Wildman–Crippen LogP) is 2.97. The Morgan fingerprint density at radius 1 is 0.920 bits per heavy atom. The number of benzene rings is 2. The third-order valence-corrected chi connectivity index (χ3v) is 5.21. The van der Waals surface area contributed by atoms with Crippen LogP contribution in [0.4, 0.5) is 0 Å². The van der Waals surface area contributed by atoms with Gasteiger partial charge < -0.3 is 14.7 Å². The third kappa shape index (κ3) is 4.83. The van der Waals surface area contributed by atoms with Gasteiger partial charge in [-0.15, -0.1) is 0 Å². The molecule has 3 heteroatoms. The van der Waals surface area contributed by atoms with E-state index in [9.17, 15) is 5.11 Å². The van der Waals surface area contributed by atoms with Crippen molar-refractivity contribution in [1.82, 2.24) is 0 Å². The van der Waals surface area contributed by atoms with Crippen LogP contribution in [0.2, 0.25) is 0 Å². The van der Waals surface area contributed by atoms with Crippen molar-refractivity contribution >= 4 is 0 Å². The molecule has 1 fully saturated rings.